The van der Waals surface area contributed by atoms with Crippen LogP contribution in [0.5, 0.6) is 0 Å². The second-order valence-electron chi connectivity index (χ2n) is 10.3. The Bertz CT molecular complexity index is 1470. The van der Waals surface area contributed by atoms with Gasteiger partial charge in [-0.2, -0.15) is 5.10 Å². The van der Waals surface area contributed by atoms with E-state index in [9.17, 15) is 9.90 Å². The molecule has 1 atom stereocenters. The maximum absolute atomic E-state index is 12.9. The summed E-state index contributed by atoms with van der Waals surface area (Å²) in [4.78, 5) is 21.6. The number of H-pyrrole nitrogens is 1. The second kappa shape index (κ2) is 9.11. The monoisotopic (exact) mass is 511 g/mol. The number of anilines is 1. The van der Waals surface area contributed by atoms with Crippen molar-refractivity contribution in [2.75, 3.05) is 11.4 Å². The van der Waals surface area contributed by atoms with Gasteiger partial charge in [0.25, 0.3) is 5.91 Å². The van der Waals surface area contributed by atoms with Crippen molar-refractivity contribution in [1.29, 1.82) is 0 Å². The summed E-state index contributed by atoms with van der Waals surface area (Å²) in [5.74, 6) is 0.563. The van der Waals surface area contributed by atoms with Gasteiger partial charge in [0.2, 0.25) is 0 Å². The Kier molecular flexibility index (Phi) is 5.59. The van der Waals surface area contributed by atoms with Crippen molar-refractivity contribution in [3.05, 3.63) is 76.6 Å². The van der Waals surface area contributed by atoms with Crippen molar-refractivity contribution < 1.29 is 9.90 Å². The fourth-order valence-electron chi connectivity index (χ4n) is 5.38. The number of amides is 1. The maximum atomic E-state index is 12.9. The van der Waals surface area contributed by atoms with Crippen LogP contribution in [-0.4, -0.2) is 38.8 Å². The molecule has 2 aliphatic carbocycles. The van der Waals surface area contributed by atoms with Crippen molar-refractivity contribution in [3.8, 4) is 21.7 Å². The first-order chi connectivity index (χ1) is 18.2. The van der Waals surface area contributed by atoms with Crippen LogP contribution < -0.4 is 10.2 Å². The minimum atomic E-state index is -0.896. The summed E-state index contributed by atoms with van der Waals surface area (Å²) >= 11 is 1.55. The molecule has 8 heteroatoms. The van der Waals surface area contributed by atoms with Gasteiger partial charge >= 0.3 is 0 Å². The quantitative estimate of drug-likeness (QED) is 0.322. The molecule has 2 fully saturated rings. The molecule has 1 aliphatic heterocycles. The number of nitrogens with zero attached hydrogens (tertiary/aromatic N) is 3. The number of fused-ring (bicyclic) bond motifs is 3. The molecule has 0 bridgehead atoms. The van der Waals surface area contributed by atoms with Crippen LogP contribution in [0.2, 0.25) is 0 Å². The predicted octanol–water partition coefficient (Wildman–Crippen LogP) is 5.41. The number of rotatable bonds is 6. The summed E-state index contributed by atoms with van der Waals surface area (Å²) in [7, 11) is 0. The summed E-state index contributed by atoms with van der Waals surface area (Å²) in [5, 5.41) is 22.2. The lowest BCUT2D eigenvalue weighted by atomic mass is 9.93. The largest absolute Gasteiger partial charge is 0.368 e. The molecule has 7 nitrogen and oxygen atoms in total. The zero-order valence-corrected chi connectivity index (χ0v) is 21.3. The summed E-state index contributed by atoms with van der Waals surface area (Å²) in [6.45, 7) is 0.622. The highest BCUT2D eigenvalue weighted by Crippen LogP contribution is 2.44. The van der Waals surface area contributed by atoms with Crippen LogP contribution in [-0.2, 0) is 6.42 Å². The minimum Gasteiger partial charge on any atom is -0.368 e. The fraction of sp³-hybridized carbons (Fsp3) is 0.345. The Morgan fingerprint density at radius 3 is 2.78 bits per heavy atom. The Hall–Kier alpha value is -3.49. The molecule has 3 aromatic heterocycles. The second-order valence-corrected chi connectivity index (χ2v) is 11.4. The van der Waals surface area contributed by atoms with Gasteiger partial charge < -0.3 is 15.3 Å². The van der Waals surface area contributed by atoms with E-state index in [1.807, 2.05) is 53.6 Å². The average molecular weight is 512 g/mol. The first-order valence-electron chi connectivity index (χ1n) is 13.1. The number of aliphatic hydroxyl groups excluding tert-OH is 1. The Labute approximate surface area is 219 Å². The van der Waals surface area contributed by atoms with Gasteiger partial charge in [-0.25, -0.2) is 4.98 Å². The van der Waals surface area contributed by atoms with Crippen molar-refractivity contribution in [2.24, 2.45) is 0 Å². The maximum Gasteiger partial charge on any atom is 0.261 e. The zero-order chi connectivity index (χ0) is 24.9. The number of carbonyl (C=O) groups excluding carboxylic acids is 1. The van der Waals surface area contributed by atoms with E-state index in [1.54, 1.807) is 11.3 Å². The lowest BCUT2D eigenvalue weighted by Crippen LogP contribution is -2.39. The number of pyridine rings is 1. The number of aliphatic hydroxyl groups is 1. The topological polar surface area (TPSA) is 94.1 Å². The molecule has 4 aromatic rings. The Balaban J connectivity index is 1.20. The van der Waals surface area contributed by atoms with Crippen LogP contribution in [0.4, 0.5) is 5.69 Å². The highest BCUT2D eigenvalue weighted by molar-refractivity contribution is 7.17. The van der Waals surface area contributed by atoms with Crippen LogP contribution in [0.15, 0.2) is 54.7 Å². The normalized spacial score (nSPS) is 17.9. The Morgan fingerprint density at radius 2 is 1.97 bits per heavy atom. The van der Waals surface area contributed by atoms with E-state index in [4.69, 9.17) is 4.98 Å². The Morgan fingerprint density at radius 1 is 1.11 bits per heavy atom. The SMILES string of the molecule is O=C(NC1CCC1)c1cc2c(s1)-c1ccccc1N(C(O)c1cccc(-c3cn[nH]c3C3CC3)n1)CC2. The number of para-hydroxylation sites is 1. The predicted molar refractivity (Wildman–Crippen MR) is 145 cm³/mol. The summed E-state index contributed by atoms with van der Waals surface area (Å²) in [6, 6.07) is 16.3. The molecule has 188 valence electrons. The van der Waals surface area contributed by atoms with Gasteiger partial charge in [-0.15, -0.1) is 11.3 Å². The molecule has 1 unspecified atom stereocenters. The standard InChI is InChI=1S/C29H29N5O2S/c35-28(31-19-5-3-6-19)25-15-18-13-14-34(24-10-2-1-7-20(24)27(18)37-25)29(36)23-9-4-8-22(32-23)21-16-30-33-26(21)17-11-12-17/h1-2,4,7-10,15-17,19,29,36H,3,5-6,11-14H2,(H,30,33)(H,31,35). The summed E-state index contributed by atoms with van der Waals surface area (Å²) in [5.41, 5.74) is 6.75. The molecular weight excluding hydrogens is 482 g/mol. The van der Waals surface area contributed by atoms with Gasteiger partial charge in [0.05, 0.1) is 22.5 Å². The van der Waals surface area contributed by atoms with Crippen LogP contribution in [0.3, 0.4) is 0 Å². The van der Waals surface area contributed by atoms with E-state index in [0.717, 1.165) is 62.8 Å². The van der Waals surface area contributed by atoms with E-state index in [0.29, 0.717) is 24.2 Å². The van der Waals surface area contributed by atoms with E-state index < -0.39 is 6.23 Å². The lowest BCUT2D eigenvalue weighted by Gasteiger charge is -2.30. The van der Waals surface area contributed by atoms with Crippen LogP contribution >= 0.6 is 11.3 Å². The molecule has 4 heterocycles. The third-order valence-corrected chi connectivity index (χ3v) is 9.02. The third-order valence-electron chi connectivity index (χ3n) is 7.81. The molecule has 0 radical (unpaired) electrons. The van der Waals surface area contributed by atoms with E-state index in [1.165, 1.54) is 19.3 Å². The average Bonchev–Trinajstić information content (AvgIpc) is 3.51. The van der Waals surface area contributed by atoms with Gasteiger partial charge in [0.1, 0.15) is 0 Å². The smallest absolute Gasteiger partial charge is 0.261 e. The molecule has 7 rings (SSSR count). The van der Waals surface area contributed by atoms with Gasteiger partial charge in [-0.3, -0.25) is 9.89 Å². The lowest BCUT2D eigenvalue weighted by molar-refractivity contribution is 0.0921. The zero-order valence-electron chi connectivity index (χ0n) is 20.5. The van der Waals surface area contributed by atoms with Gasteiger partial charge in [0.15, 0.2) is 6.23 Å². The van der Waals surface area contributed by atoms with Gasteiger partial charge in [0, 0.05) is 45.9 Å². The highest BCUT2D eigenvalue weighted by Gasteiger charge is 2.31. The molecule has 1 amide bonds. The highest BCUT2D eigenvalue weighted by atomic mass is 32.1. The molecule has 0 saturated heterocycles. The van der Waals surface area contributed by atoms with Crippen molar-refractivity contribution in [1.82, 2.24) is 20.5 Å². The first-order valence-corrected chi connectivity index (χ1v) is 14.0. The molecule has 3 aliphatic rings. The number of hydrogen-bond donors (Lipinski definition) is 3. The molecule has 2 saturated carbocycles. The van der Waals surface area contributed by atoms with Crippen LogP contribution in [0.25, 0.3) is 21.7 Å². The molecular formula is C29H29N5O2S. The summed E-state index contributed by atoms with van der Waals surface area (Å²) < 4.78 is 0. The molecule has 3 N–H and O–H groups in total. The number of aromatic nitrogens is 3. The van der Waals surface area contributed by atoms with Crippen LogP contribution in [0.1, 0.15) is 70.9 Å². The number of nitrogens with one attached hydrogen (secondary N) is 2. The number of carbonyl (C=O) groups is 1. The molecule has 37 heavy (non-hydrogen) atoms. The fourth-order valence-corrected chi connectivity index (χ4v) is 6.53. The molecule has 0 spiro atoms. The van der Waals surface area contributed by atoms with E-state index in [-0.39, 0.29) is 5.91 Å². The number of thiophene rings is 1. The first kappa shape index (κ1) is 22.7. The van der Waals surface area contributed by atoms with E-state index in [2.05, 4.69) is 21.6 Å². The minimum absolute atomic E-state index is 0.0305. The van der Waals surface area contributed by atoms with Crippen molar-refractivity contribution in [2.45, 2.75) is 56.7 Å². The number of hydrogen-bond acceptors (Lipinski definition) is 6. The van der Waals surface area contributed by atoms with Crippen molar-refractivity contribution >= 4 is 22.9 Å². The van der Waals surface area contributed by atoms with Gasteiger partial charge in [-0.05, 0) is 68.4 Å². The third kappa shape index (κ3) is 4.14. The number of aromatic amines is 1. The van der Waals surface area contributed by atoms with Crippen molar-refractivity contribution in [3.63, 3.8) is 0 Å². The molecule has 1 aromatic carbocycles. The van der Waals surface area contributed by atoms with Gasteiger partial charge in [-0.1, -0.05) is 24.3 Å². The van der Waals surface area contributed by atoms with Crippen LogP contribution in [0, 0.1) is 0 Å². The van der Waals surface area contributed by atoms with E-state index >= 15 is 0 Å². The number of benzene rings is 1. The summed E-state index contributed by atoms with van der Waals surface area (Å²) in [6.07, 6.45) is 7.37.